The second-order valence-corrected chi connectivity index (χ2v) is 24.6. The minimum atomic E-state index is -2.71. The van der Waals surface area contributed by atoms with Crippen molar-refractivity contribution in [3.8, 4) is 0 Å². The number of imidazole rings is 1. The zero-order chi connectivity index (χ0) is 30.1. The van der Waals surface area contributed by atoms with E-state index in [2.05, 4.69) is 69.2 Å². The Morgan fingerprint density at radius 2 is 2.10 bits per heavy atom. The van der Waals surface area contributed by atoms with Crippen LogP contribution in [0.15, 0.2) is 28.1 Å². The molecule has 3 fully saturated rings. The van der Waals surface area contributed by atoms with Crippen molar-refractivity contribution in [3.63, 3.8) is 0 Å². The van der Waals surface area contributed by atoms with Crippen molar-refractivity contribution >= 4 is 48.4 Å². The van der Waals surface area contributed by atoms with E-state index in [-0.39, 0.29) is 33.7 Å². The highest BCUT2D eigenvalue weighted by Gasteiger charge is 2.55. The Hall–Kier alpha value is -1.09. The topological polar surface area (TPSA) is 141 Å². The molecule has 2 aliphatic heterocycles. The first-order valence-electron chi connectivity index (χ1n) is 13.9. The number of aromatic amines is 2. The number of nitrogens with zero attached hydrogens (tertiary/aromatic N) is 2. The fraction of sp³-hybridized carbons (Fsp3) is 0.731. The zero-order valence-corrected chi connectivity index (χ0v) is 28.2. The molecule has 2 aromatic heterocycles. The molecule has 4 heterocycles. The van der Waals surface area contributed by atoms with E-state index >= 15 is 0 Å². The Labute approximate surface area is 249 Å². The van der Waals surface area contributed by atoms with Crippen LogP contribution in [0.25, 0.3) is 11.2 Å². The lowest BCUT2D eigenvalue weighted by atomic mass is 9.77. The van der Waals surface area contributed by atoms with Crippen molar-refractivity contribution in [1.29, 1.82) is 0 Å². The molecule has 3 aliphatic rings. The standard InChI is InChI=1S/C26H41N4O7PS2Si/c1-14(2)15-9-10-26(6)17(11-15)36-38(39,40-26)34-12-16-20(37-41(7,8)25(3,4)5)19(31)23(35-16)30-13-27-18-21(30)28-24(33)29-22(18)32/h13,15-17,19-20,23,31H,1,9-12H2,2-8H3,(H2,28,29,32,33)/t15-,16-,17+,19-,20-,23-,26+,38?/m1/s1. The summed E-state index contributed by atoms with van der Waals surface area (Å²) in [6.07, 6.45) is 0.734. The van der Waals surface area contributed by atoms with E-state index in [4.69, 9.17) is 30.0 Å². The van der Waals surface area contributed by atoms with E-state index < -0.39 is 49.8 Å². The van der Waals surface area contributed by atoms with Gasteiger partial charge in [0.1, 0.15) is 24.0 Å². The molecular weight excluding hydrogens is 604 g/mol. The summed E-state index contributed by atoms with van der Waals surface area (Å²) in [5.41, 5.74) is -2.65. The molecule has 1 unspecified atom stereocenters. The number of hydrogen-bond acceptors (Lipinski definition) is 10. The van der Waals surface area contributed by atoms with Crippen LogP contribution in [0, 0.1) is 5.92 Å². The molecule has 0 amide bonds. The lowest BCUT2D eigenvalue weighted by Crippen LogP contribution is -2.49. The number of allylic oxidation sites excluding steroid dienone is 1. The maximum absolute atomic E-state index is 12.3. The highest BCUT2D eigenvalue weighted by molar-refractivity contribution is 8.68. The number of aliphatic hydroxyl groups is 1. The van der Waals surface area contributed by atoms with Gasteiger partial charge in [-0.05, 0) is 69.0 Å². The SMILES string of the molecule is C=C(C)[C@@H]1CC[C@]2(C)SP(=S)(OC[C@H]3O[C@@H](n4cnc5c(=O)[nH]c(=O)[nH]c54)[C@H](O)[C@@H]3O[Si](C)(C)C(C)(C)C)O[C@H]2C1. The molecule has 11 nitrogen and oxygen atoms in total. The van der Waals surface area contributed by atoms with Gasteiger partial charge >= 0.3 is 5.69 Å². The van der Waals surface area contributed by atoms with E-state index in [0.29, 0.717) is 5.92 Å². The van der Waals surface area contributed by atoms with Gasteiger partial charge in [-0.2, -0.15) is 0 Å². The predicted molar refractivity (Wildman–Crippen MR) is 166 cm³/mol. The summed E-state index contributed by atoms with van der Waals surface area (Å²) in [4.78, 5) is 33.2. The van der Waals surface area contributed by atoms with Gasteiger partial charge in [0.15, 0.2) is 20.1 Å². The van der Waals surface area contributed by atoms with Crippen molar-refractivity contribution in [2.24, 2.45) is 5.92 Å². The average molecular weight is 645 g/mol. The Morgan fingerprint density at radius 3 is 2.76 bits per heavy atom. The second-order valence-electron chi connectivity index (χ2n) is 13.2. The highest BCUT2D eigenvalue weighted by atomic mass is 32.9. The summed E-state index contributed by atoms with van der Waals surface area (Å²) < 4.78 is 27.3. The molecule has 228 valence electrons. The van der Waals surface area contributed by atoms with Crippen LogP contribution >= 0.6 is 17.1 Å². The van der Waals surface area contributed by atoms with Crippen LogP contribution in [0.3, 0.4) is 0 Å². The smallest absolute Gasteiger partial charge is 0.327 e. The minimum absolute atomic E-state index is 0.0110. The molecule has 3 N–H and O–H groups in total. The van der Waals surface area contributed by atoms with Crippen molar-refractivity contribution in [2.75, 3.05) is 6.61 Å². The molecule has 2 saturated heterocycles. The van der Waals surface area contributed by atoms with Crippen LogP contribution in [0.4, 0.5) is 0 Å². The van der Waals surface area contributed by atoms with E-state index in [9.17, 15) is 14.7 Å². The van der Waals surface area contributed by atoms with E-state index in [1.165, 1.54) is 16.5 Å². The molecule has 8 atom stereocenters. The fourth-order valence-corrected chi connectivity index (χ4v) is 14.0. The van der Waals surface area contributed by atoms with Crippen LogP contribution in [-0.4, -0.2) is 68.7 Å². The van der Waals surface area contributed by atoms with Gasteiger partial charge in [0.25, 0.3) is 5.56 Å². The number of fused-ring (bicyclic) bond motifs is 2. The van der Waals surface area contributed by atoms with Gasteiger partial charge in [0, 0.05) is 4.75 Å². The maximum atomic E-state index is 12.3. The third-order valence-electron chi connectivity index (χ3n) is 9.13. The number of aromatic nitrogens is 4. The van der Waals surface area contributed by atoms with Gasteiger partial charge in [-0.3, -0.25) is 19.3 Å². The molecular formula is C26H41N4O7PS2Si. The number of aliphatic hydroxyl groups excluding tert-OH is 1. The summed E-state index contributed by atoms with van der Waals surface area (Å²) in [5.74, 6) is 0.412. The van der Waals surface area contributed by atoms with Crippen LogP contribution in [-0.2, 0) is 30.0 Å². The molecule has 5 rings (SSSR count). The number of hydrogen-bond donors (Lipinski definition) is 3. The molecule has 1 aliphatic carbocycles. The van der Waals surface area contributed by atoms with E-state index in [1.807, 2.05) is 0 Å². The highest BCUT2D eigenvalue weighted by Crippen LogP contribution is 2.75. The Morgan fingerprint density at radius 1 is 1.39 bits per heavy atom. The molecule has 2 aromatic rings. The van der Waals surface area contributed by atoms with Crippen molar-refractivity contribution in [1.82, 2.24) is 19.5 Å². The fourth-order valence-electron chi connectivity index (χ4n) is 5.50. The van der Waals surface area contributed by atoms with Gasteiger partial charge in [-0.1, -0.05) is 44.3 Å². The molecule has 0 bridgehead atoms. The number of rotatable bonds is 7. The first-order chi connectivity index (χ1) is 18.9. The van der Waals surface area contributed by atoms with E-state index in [1.54, 1.807) is 11.4 Å². The quantitative estimate of drug-likeness (QED) is 0.223. The van der Waals surface area contributed by atoms with Gasteiger partial charge in [-0.25, -0.2) is 9.78 Å². The molecule has 15 heteroatoms. The third-order valence-corrected chi connectivity index (χ3v) is 19.4. The van der Waals surface area contributed by atoms with Gasteiger partial charge in [0.05, 0.1) is 19.0 Å². The predicted octanol–water partition coefficient (Wildman–Crippen LogP) is 4.57. The molecule has 1 saturated carbocycles. The molecule has 0 radical (unpaired) electrons. The van der Waals surface area contributed by atoms with Crippen LogP contribution in [0.5, 0.6) is 0 Å². The average Bonchev–Trinajstić information content (AvgIpc) is 3.48. The van der Waals surface area contributed by atoms with Crippen LogP contribution in [0.2, 0.25) is 18.1 Å². The van der Waals surface area contributed by atoms with Gasteiger partial charge in [0.2, 0.25) is 5.69 Å². The summed E-state index contributed by atoms with van der Waals surface area (Å²) in [6, 6.07) is 0. The Kier molecular flexibility index (Phi) is 8.26. The minimum Gasteiger partial charge on any atom is -0.408 e. The van der Waals surface area contributed by atoms with Crippen LogP contribution < -0.4 is 11.2 Å². The summed E-state index contributed by atoms with van der Waals surface area (Å²) in [5, 5.41) is 11.5. The normalized spacial score (nSPS) is 36.1. The largest absolute Gasteiger partial charge is 0.408 e. The Balaban J connectivity index is 1.40. The number of nitrogens with one attached hydrogen (secondary N) is 2. The lowest BCUT2D eigenvalue weighted by Gasteiger charge is -2.40. The number of ether oxygens (including phenoxy) is 1. The molecule has 41 heavy (non-hydrogen) atoms. The molecule has 0 spiro atoms. The second kappa shape index (κ2) is 10.8. The monoisotopic (exact) mass is 644 g/mol. The first-order valence-corrected chi connectivity index (χ1v) is 20.9. The van der Waals surface area contributed by atoms with Crippen LogP contribution in [0.1, 0.15) is 60.1 Å². The summed E-state index contributed by atoms with van der Waals surface area (Å²) >= 11 is 7.62. The van der Waals surface area contributed by atoms with Crippen molar-refractivity contribution in [2.45, 2.75) is 107 Å². The van der Waals surface area contributed by atoms with Gasteiger partial charge in [-0.15, -0.1) is 0 Å². The lowest BCUT2D eigenvalue weighted by molar-refractivity contribution is -0.0475. The first kappa shape index (κ1) is 31.3. The molecule has 0 aromatic carbocycles. The van der Waals surface area contributed by atoms with Gasteiger partial charge < -0.3 is 23.3 Å². The summed E-state index contributed by atoms with van der Waals surface area (Å²) in [7, 11) is -2.37. The zero-order valence-electron chi connectivity index (χ0n) is 24.6. The summed E-state index contributed by atoms with van der Waals surface area (Å²) in [6.45, 7) is 19.1. The third kappa shape index (κ3) is 5.88. The Bertz CT molecular complexity index is 1500. The van der Waals surface area contributed by atoms with Crippen molar-refractivity contribution < 1.29 is 23.3 Å². The van der Waals surface area contributed by atoms with E-state index in [0.717, 1.165) is 19.3 Å². The van der Waals surface area contributed by atoms with Crippen molar-refractivity contribution in [3.05, 3.63) is 39.3 Å². The maximum Gasteiger partial charge on any atom is 0.327 e. The number of H-pyrrole nitrogens is 2.